The van der Waals surface area contributed by atoms with E-state index < -0.39 is 23.8 Å². The molecule has 0 aliphatic carbocycles. The van der Waals surface area contributed by atoms with Gasteiger partial charge in [0.05, 0.1) is 11.3 Å². The number of halogens is 3. The van der Waals surface area contributed by atoms with Crippen molar-refractivity contribution in [3.63, 3.8) is 0 Å². The Morgan fingerprint density at radius 3 is 2.56 bits per heavy atom. The van der Waals surface area contributed by atoms with E-state index in [4.69, 9.17) is 10.5 Å². The number of allylic oxidation sites excluding steroid dienone is 1. The number of ether oxygens (including phenoxy) is 1. The molecule has 0 spiro atoms. The molecule has 2 aliphatic rings. The van der Waals surface area contributed by atoms with Gasteiger partial charge in [-0.25, -0.2) is 0 Å². The lowest BCUT2D eigenvalue weighted by Gasteiger charge is -2.33. The molecule has 1 fully saturated rings. The van der Waals surface area contributed by atoms with Gasteiger partial charge >= 0.3 is 6.18 Å². The Labute approximate surface area is 230 Å². The van der Waals surface area contributed by atoms with Crippen LogP contribution in [0.2, 0.25) is 0 Å². The minimum atomic E-state index is -4.52. The van der Waals surface area contributed by atoms with Crippen LogP contribution < -0.4 is 15.4 Å². The van der Waals surface area contributed by atoms with Crippen LogP contribution in [-0.4, -0.2) is 48.9 Å². The lowest BCUT2D eigenvalue weighted by atomic mass is 10.0. The standard InChI is InChI=1S/C29H31F3N4O2S/c1-19(22-7-3-4-8-23(22)29(30,31)32)38-25-17-26(39-27(25)28(33)37)36-11-5-6-21-10-9-20(16-24(21)36)18-35-14-12-34(2)13-15-35/h3-5,7-11,16-17,19H,6,12-15,18H2,1-2H3,(H2,33,37)/t19-/m1/s1. The molecule has 2 aliphatic heterocycles. The summed E-state index contributed by atoms with van der Waals surface area (Å²) in [4.78, 5) is 19.2. The van der Waals surface area contributed by atoms with Gasteiger partial charge in [0.15, 0.2) is 0 Å². The lowest BCUT2D eigenvalue weighted by molar-refractivity contribution is -0.138. The highest BCUT2D eigenvalue weighted by Crippen LogP contribution is 2.44. The van der Waals surface area contributed by atoms with Crippen LogP contribution in [0.1, 0.15) is 45.0 Å². The number of hydrogen-bond acceptors (Lipinski definition) is 6. The number of amides is 1. The third-order valence-corrected chi connectivity index (χ3v) is 8.29. The first-order chi connectivity index (χ1) is 18.6. The number of carbonyl (C=O) groups excluding carboxylic acids is 1. The van der Waals surface area contributed by atoms with Crippen LogP contribution in [0, 0.1) is 0 Å². The molecule has 2 aromatic carbocycles. The van der Waals surface area contributed by atoms with E-state index in [-0.39, 0.29) is 16.2 Å². The Morgan fingerprint density at radius 2 is 1.85 bits per heavy atom. The van der Waals surface area contributed by atoms with E-state index in [9.17, 15) is 18.0 Å². The fourth-order valence-corrected chi connectivity index (χ4v) is 5.97. The molecule has 1 saturated heterocycles. The molecule has 3 aromatic rings. The highest BCUT2D eigenvalue weighted by Gasteiger charge is 2.35. The van der Waals surface area contributed by atoms with Gasteiger partial charge in [-0.05, 0) is 43.7 Å². The van der Waals surface area contributed by atoms with Gasteiger partial charge in [-0.1, -0.05) is 36.4 Å². The third-order valence-electron chi connectivity index (χ3n) is 7.16. The number of primary amides is 1. The van der Waals surface area contributed by atoms with Gasteiger partial charge in [-0.2, -0.15) is 13.2 Å². The summed E-state index contributed by atoms with van der Waals surface area (Å²) >= 11 is 1.16. The van der Waals surface area contributed by atoms with E-state index >= 15 is 0 Å². The molecular weight excluding hydrogens is 525 g/mol. The van der Waals surface area contributed by atoms with Crippen molar-refractivity contribution in [2.45, 2.75) is 32.2 Å². The van der Waals surface area contributed by atoms with Crippen LogP contribution in [-0.2, 0) is 19.1 Å². The van der Waals surface area contributed by atoms with Gasteiger partial charge in [0.25, 0.3) is 5.91 Å². The Hall–Kier alpha value is -3.34. The zero-order chi connectivity index (χ0) is 27.7. The summed E-state index contributed by atoms with van der Waals surface area (Å²) in [5.41, 5.74) is 8.23. The van der Waals surface area contributed by atoms with Gasteiger partial charge in [0, 0.05) is 50.6 Å². The highest BCUT2D eigenvalue weighted by molar-refractivity contribution is 7.18. The number of nitrogens with two attached hydrogens (primary N) is 1. The van der Waals surface area contributed by atoms with Crippen LogP contribution in [0.3, 0.4) is 0 Å². The minimum Gasteiger partial charge on any atom is -0.484 e. The summed E-state index contributed by atoms with van der Waals surface area (Å²) in [5.74, 6) is -0.524. The molecule has 0 bridgehead atoms. The number of piperazine rings is 1. The van der Waals surface area contributed by atoms with Crippen LogP contribution in [0.4, 0.5) is 23.9 Å². The fraction of sp³-hybridized carbons (Fsp3) is 0.345. The number of anilines is 2. The number of rotatable bonds is 7. The number of nitrogens with zero attached hydrogens (tertiary/aromatic N) is 3. The summed E-state index contributed by atoms with van der Waals surface area (Å²) in [6.45, 7) is 6.49. The number of alkyl halides is 3. The van der Waals surface area contributed by atoms with Crippen LogP contribution in [0.15, 0.2) is 60.8 Å². The van der Waals surface area contributed by atoms with Crippen molar-refractivity contribution in [3.8, 4) is 5.75 Å². The van der Waals surface area contributed by atoms with Crippen molar-refractivity contribution in [2.75, 3.05) is 38.1 Å². The summed E-state index contributed by atoms with van der Waals surface area (Å²) in [5, 5.41) is 0.698. The Balaban J connectivity index is 1.42. The first kappa shape index (κ1) is 27.2. The molecule has 10 heteroatoms. The maximum absolute atomic E-state index is 13.6. The van der Waals surface area contributed by atoms with Crippen LogP contribution >= 0.6 is 11.3 Å². The average molecular weight is 557 g/mol. The van der Waals surface area contributed by atoms with Crippen molar-refractivity contribution in [1.29, 1.82) is 0 Å². The molecule has 5 rings (SSSR count). The largest absolute Gasteiger partial charge is 0.484 e. The predicted octanol–water partition coefficient (Wildman–Crippen LogP) is 5.96. The number of benzene rings is 2. The van der Waals surface area contributed by atoms with Crippen molar-refractivity contribution in [3.05, 3.63) is 87.9 Å². The highest BCUT2D eigenvalue weighted by atomic mass is 32.1. The minimum absolute atomic E-state index is 0.00932. The number of hydrogen-bond donors (Lipinski definition) is 1. The number of fused-ring (bicyclic) bond motifs is 1. The van der Waals surface area contributed by atoms with Crippen LogP contribution in [0.5, 0.6) is 5.75 Å². The Morgan fingerprint density at radius 1 is 1.10 bits per heavy atom. The second-order valence-corrected chi connectivity index (χ2v) is 11.0. The van der Waals surface area contributed by atoms with E-state index in [1.54, 1.807) is 6.07 Å². The Bertz CT molecular complexity index is 1380. The van der Waals surface area contributed by atoms with E-state index in [2.05, 4.69) is 35.0 Å². The average Bonchev–Trinajstić information content (AvgIpc) is 3.33. The second kappa shape index (κ2) is 11.0. The van der Waals surface area contributed by atoms with E-state index in [0.29, 0.717) is 5.00 Å². The topological polar surface area (TPSA) is 62.0 Å². The fourth-order valence-electron chi connectivity index (χ4n) is 5.03. The Kier molecular flexibility index (Phi) is 7.70. The van der Waals surface area contributed by atoms with Gasteiger partial charge < -0.3 is 20.3 Å². The molecule has 0 unspecified atom stereocenters. The summed E-state index contributed by atoms with van der Waals surface area (Å²) in [7, 11) is 2.13. The first-order valence-corrected chi connectivity index (χ1v) is 13.7. The SMILES string of the molecule is C[C@@H](Oc1cc(N2C=CCc3ccc(CN4CCN(C)CC4)cc32)sc1C(N)=O)c1ccccc1C(F)(F)F. The zero-order valence-corrected chi connectivity index (χ0v) is 22.7. The van der Waals surface area contributed by atoms with Crippen molar-refractivity contribution < 1.29 is 22.7 Å². The van der Waals surface area contributed by atoms with Gasteiger partial charge in [0.2, 0.25) is 0 Å². The number of carbonyl (C=O) groups is 1. The normalized spacial score (nSPS) is 17.2. The molecule has 6 nitrogen and oxygen atoms in total. The molecule has 1 atom stereocenters. The van der Waals surface area contributed by atoms with Crippen molar-refractivity contribution in [2.24, 2.45) is 5.73 Å². The molecule has 39 heavy (non-hydrogen) atoms. The quantitative estimate of drug-likeness (QED) is 0.389. The number of likely N-dealkylation sites (N-methyl/N-ethyl adjacent to an activating group) is 1. The molecule has 0 radical (unpaired) electrons. The molecule has 2 N–H and O–H groups in total. The summed E-state index contributed by atoms with van der Waals surface area (Å²) in [6.07, 6.45) is -0.712. The molecule has 0 saturated carbocycles. The summed E-state index contributed by atoms with van der Waals surface area (Å²) < 4.78 is 46.7. The van der Waals surface area contributed by atoms with E-state index in [0.717, 1.165) is 67.8 Å². The number of thiophene rings is 1. The molecular formula is C29H31F3N4O2S. The smallest absolute Gasteiger partial charge is 0.416 e. The third kappa shape index (κ3) is 5.98. The maximum atomic E-state index is 13.6. The van der Waals surface area contributed by atoms with E-state index in [1.165, 1.54) is 30.7 Å². The molecule has 206 valence electrons. The van der Waals surface area contributed by atoms with Gasteiger partial charge in [0.1, 0.15) is 21.7 Å². The van der Waals surface area contributed by atoms with Crippen molar-refractivity contribution in [1.82, 2.24) is 9.80 Å². The first-order valence-electron chi connectivity index (χ1n) is 12.8. The lowest BCUT2D eigenvalue weighted by Crippen LogP contribution is -2.43. The van der Waals surface area contributed by atoms with Crippen LogP contribution in [0.25, 0.3) is 0 Å². The monoisotopic (exact) mass is 556 g/mol. The van der Waals surface area contributed by atoms with Crippen molar-refractivity contribution >= 4 is 27.9 Å². The molecule has 3 heterocycles. The second-order valence-electron chi connectivity index (χ2n) is 9.99. The summed E-state index contributed by atoms with van der Waals surface area (Å²) in [6, 6.07) is 13.4. The zero-order valence-electron chi connectivity index (χ0n) is 21.9. The predicted molar refractivity (Wildman–Crippen MR) is 148 cm³/mol. The van der Waals surface area contributed by atoms with E-state index in [1.807, 2.05) is 17.2 Å². The maximum Gasteiger partial charge on any atom is 0.416 e. The van der Waals surface area contributed by atoms with Gasteiger partial charge in [-0.15, -0.1) is 11.3 Å². The molecule has 1 aromatic heterocycles. The molecule has 1 amide bonds. The van der Waals surface area contributed by atoms with Gasteiger partial charge in [-0.3, -0.25) is 9.69 Å².